The lowest BCUT2D eigenvalue weighted by molar-refractivity contribution is -0.118. The van der Waals surface area contributed by atoms with E-state index in [-0.39, 0.29) is 34.6 Å². The molecule has 0 bridgehead atoms. The van der Waals surface area contributed by atoms with Crippen LogP contribution in [0.1, 0.15) is 22.3 Å². The van der Waals surface area contributed by atoms with E-state index in [1.807, 2.05) is 51.1 Å². The SMILES string of the molecule is COc1cc(/C=C(\C#N)C(=O)Nc2ccc(C)cc2C)cc(Cl)c1OCC(=O)Nc1ccc(C)cc1. The Morgan fingerprint density at radius 3 is 2.33 bits per heavy atom. The molecular weight excluding hydrogens is 478 g/mol. The fourth-order valence-electron chi connectivity index (χ4n) is 3.39. The van der Waals surface area contributed by atoms with E-state index in [9.17, 15) is 14.9 Å². The summed E-state index contributed by atoms with van der Waals surface area (Å²) in [6, 6.07) is 18.0. The van der Waals surface area contributed by atoms with Gasteiger partial charge < -0.3 is 20.1 Å². The second-order valence-corrected chi connectivity index (χ2v) is 8.59. The van der Waals surface area contributed by atoms with Gasteiger partial charge in [-0.1, -0.05) is 47.0 Å². The zero-order valence-corrected chi connectivity index (χ0v) is 21.2. The van der Waals surface area contributed by atoms with E-state index in [4.69, 9.17) is 21.1 Å². The van der Waals surface area contributed by atoms with Crippen LogP contribution in [0.2, 0.25) is 5.02 Å². The van der Waals surface area contributed by atoms with Gasteiger partial charge >= 0.3 is 0 Å². The number of carbonyl (C=O) groups is 2. The van der Waals surface area contributed by atoms with Gasteiger partial charge in [0.05, 0.1) is 12.1 Å². The first-order valence-electron chi connectivity index (χ1n) is 11.1. The monoisotopic (exact) mass is 503 g/mol. The molecule has 2 amide bonds. The first-order chi connectivity index (χ1) is 17.2. The van der Waals surface area contributed by atoms with Crippen molar-refractivity contribution in [2.75, 3.05) is 24.4 Å². The third-order valence-corrected chi connectivity index (χ3v) is 5.52. The van der Waals surface area contributed by atoms with Crippen LogP contribution in [-0.4, -0.2) is 25.5 Å². The van der Waals surface area contributed by atoms with Crippen molar-refractivity contribution < 1.29 is 19.1 Å². The molecule has 0 heterocycles. The first-order valence-corrected chi connectivity index (χ1v) is 11.4. The number of benzene rings is 3. The fourth-order valence-corrected chi connectivity index (χ4v) is 3.67. The second kappa shape index (κ2) is 11.9. The molecule has 0 unspecified atom stereocenters. The highest BCUT2D eigenvalue weighted by atomic mass is 35.5. The second-order valence-electron chi connectivity index (χ2n) is 8.18. The molecule has 184 valence electrons. The van der Waals surface area contributed by atoms with Crippen LogP contribution in [0.3, 0.4) is 0 Å². The van der Waals surface area contributed by atoms with Gasteiger partial charge in [-0.25, -0.2) is 0 Å². The number of rotatable bonds is 8. The van der Waals surface area contributed by atoms with Crippen molar-refractivity contribution in [2.24, 2.45) is 0 Å². The van der Waals surface area contributed by atoms with Gasteiger partial charge in [0.2, 0.25) is 0 Å². The lowest BCUT2D eigenvalue weighted by atomic mass is 10.1. The van der Waals surface area contributed by atoms with Gasteiger partial charge in [-0.15, -0.1) is 0 Å². The van der Waals surface area contributed by atoms with Gasteiger partial charge in [0, 0.05) is 11.4 Å². The van der Waals surface area contributed by atoms with Crippen LogP contribution < -0.4 is 20.1 Å². The molecule has 0 aliphatic heterocycles. The summed E-state index contributed by atoms with van der Waals surface area (Å²) in [7, 11) is 1.43. The van der Waals surface area contributed by atoms with Crippen molar-refractivity contribution in [3.63, 3.8) is 0 Å². The Kier molecular flexibility index (Phi) is 8.71. The maximum atomic E-state index is 12.7. The summed E-state index contributed by atoms with van der Waals surface area (Å²) in [4.78, 5) is 25.0. The van der Waals surface area contributed by atoms with E-state index in [1.54, 1.807) is 24.3 Å². The fraction of sp³-hybridized carbons (Fsp3) is 0.179. The molecule has 0 spiro atoms. The summed E-state index contributed by atoms with van der Waals surface area (Å²) >= 11 is 6.40. The smallest absolute Gasteiger partial charge is 0.266 e. The van der Waals surface area contributed by atoms with E-state index in [2.05, 4.69) is 10.6 Å². The third kappa shape index (κ3) is 6.87. The van der Waals surface area contributed by atoms with Crippen molar-refractivity contribution >= 4 is 40.9 Å². The Morgan fingerprint density at radius 2 is 1.69 bits per heavy atom. The molecule has 3 aromatic rings. The molecule has 7 nitrogen and oxygen atoms in total. The first kappa shape index (κ1) is 26.3. The molecule has 2 N–H and O–H groups in total. The predicted molar refractivity (Wildman–Crippen MR) is 141 cm³/mol. The molecule has 3 aromatic carbocycles. The van der Waals surface area contributed by atoms with Crippen molar-refractivity contribution in [1.29, 1.82) is 5.26 Å². The third-order valence-electron chi connectivity index (χ3n) is 5.24. The summed E-state index contributed by atoms with van der Waals surface area (Å²) in [5.41, 5.74) is 4.65. The number of nitriles is 1. The maximum Gasteiger partial charge on any atom is 0.266 e. The van der Waals surface area contributed by atoms with Crippen molar-refractivity contribution in [2.45, 2.75) is 20.8 Å². The number of aryl methyl sites for hydroxylation is 3. The number of ether oxygens (including phenoxy) is 2. The summed E-state index contributed by atoms with van der Waals surface area (Å²) in [5, 5.41) is 15.2. The highest BCUT2D eigenvalue weighted by molar-refractivity contribution is 6.32. The average molecular weight is 504 g/mol. The standard InChI is InChI=1S/C28H26ClN3O4/c1-17-5-8-22(9-6-17)31-26(33)16-36-27-23(29)13-20(14-25(27)35-4)12-21(15-30)28(34)32-24-10-7-18(2)11-19(24)3/h5-14H,16H2,1-4H3,(H,31,33)(H,32,34)/b21-12+. The molecule has 0 saturated carbocycles. The minimum absolute atomic E-state index is 0.112. The maximum absolute atomic E-state index is 12.7. The number of halogens is 1. The van der Waals surface area contributed by atoms with E-state index < -0.39 is 5.91 Å². The molecule has 8 heteroatoms. The zero-order valence-electron chi connectivity index (χ0n) is 20.4. The zero-order chi connectivity index (χ0) is 26.2. The van der Waals surface area contributed by atoms with Crippen LogP contribution in [-0.2, 0) is 9.59 Å². The van der Waals surface area contributed by atoms with Crippen LogP contribution in [0.4, 0.5) is 11.4 Å². The molecule has 3 rings (SSSR count). The number of nitrogens with one attached hydrogen (secondary N) is 2. The summed E-state index contributed by atoms with van der Waals surface area (Å²) < 4.78 is 11.0. The number of nitrogens with zero attached hydrogens (tertiary/aromatic N) is 1. The van der Waals surface area contributed by atoms with E-state index in [1.165, 1.54) is 19.3 Å². The van der Waals surface area contributed by atoms with Crippen LogP contribution in [0.15, 0.2) is 60.2 Å². The van der Waals surface area contributed by atoms with Crippen LogP contribution in [0, 0.1) is 32.1 Å². The number of amides is 2. The van der Waals surface area contributed by atoms with Crippen molar-refractivity contribution in [1.82, 2.24) is 0 Å². The minimum atomic E-state index is -0.548. The number of hydrogen-bond donors (Lipinski definition) is 2. The number of hydrogen-bond acceptors (Lipinski definition) is 5. The molecular formula is C28H26ClN3O4. The topological polar surface area (TPSA) is 100 Å². The normalized spacial score (nSPS) is 10.8. The summed E-state index contributed by atoms with van der Waals surface area (Å²) in [6.45, 7) is 5.50. The number of methoxy groups -OCH3 is 1. The average Bonchev–Trinajstić information content (AvgIpc) is 2.84. The molecule has 0 fully saturated rings. The molecule has 0 aromatic heterocycles. The van der Waals surface area contributed by atoms with E-state index >= 15 is 0 Å². The van der Waals surface area contributed by atoms with Gasteiger partial charge in [0.25, 0.3) is 11.8 Å². The summed E-state index contributed by atoms with van der Waals surface area (Å²) in [5.74, 6) is -0.485. The quantitative estimate of drug-likeness (QED) is 0.297. The Bertz CT molecular complexity index is 1360. The largest absolute Gasteiger partial charge is 0.493 e. The van der Waals surface area contributed by atoms with Crippen LogP contribution in [0.25, 0.3) is 6.08 Å². The Hall–Kier alpha value is -4.28. The highest BCUT2D eigenvalue weighted by Crippen LogP contribution is 2.37. The number of carbonyl (C=O) groups excluding carboxylic acids is 2. The molecule has 0 aliphatic carbocycles. The minimum Gasteiger partial charge on any atom is -0.493 e. The Balaban J connectivity index is 1.74. The molecule has 0 atom stereocenters. The molecule has 36 heavy (non-hydrogen) atoms. The lowest BCUT2D eigenvalue weighted by Gasteiger charge is -2.14. The van der Waals surface area contributed by atoms with Gasteiger partial charge in [0.15, 0.2) is 18.1 Å². The van der Waals surface area contributed by atoms with Gasteiger partial charge in [-0.3, -0.25) is 9.59 Å². The van der Waals surface area contributed by atoms with Gasteiger partial charge in [-0.05, 0) is 68.3 Å². The van der Waals surface area contributed by atoms with Gasteiger partial charge in [0.1, 0.15) is 11.6 Å². The van der Waals surface area contributed by atoms with E-state index in [0.717, 1.165) is 16.7 Å². The lowest BCUT2D eigenvalue weighted by Crippen LogP contribution is -2.20. The van der Waals surface area contributed by atoms with Crippen molar-refractivity contribution in [3.05, 3.63) is 87.4 Å². The number of anilines is 2. The van der Waals surface area contributed by atoms with Gasteiger partial charge in [-0.2, -0.15) is 5.26 Å². The Labute approximate surface area is 215 Å². The van der Waals surface area contributed by atoms with Crippen LogP contribution in [0.5, 0.6) is 11.5 Å². The highest BCUT2D eigenvalue weighted by Gasteiger charge is 2.16. The van der Waals surface area contributed by atoms with Crippen LogP contribution >= 0.6 is 11.6 Å². The summed E-state index contributed by atoms with van der Waals surface area (Å²) in [6.07, 6.45) is 1.40. The van der Waals surface area contributed by atoms with E-state index in [0.29, 0.717) is 16.9 Å². The van der Waals surface area contributed by atoms with Crippen molar-refractivity contribution in [3.8, 4) is 17.6 Å². The molecule has 0 radical (unpaired) electrons. The predicted octanol–water partition coefficient (Wildman–Crippen LogP) is 5.84. The molecule has 0 aliphatic rings. The molecule has 0 saturated heterocycles. The Morgan fingerprint density at radius 1 is 1.00 bits per heavy atom.